The third-order valence-corrected chi connectivity index (χ3v) is 3.99. The van der Waals surface area contributed by atoms with E-state index in [9.17, 15) is 9.59 Å². The number of ether oxygens (including phenoxy) is 1. The molecule has 7 nitrogen and oxygen atoms in total. The number of aromatic amines is 2. The number of imidazole rings is 1. The van der Waals surface area contributed by atoms with E-state index in [-0.39, 0.29) is 11.1 Å². The standard InChI is InChI=1S/C18H14N4O3/c1-25-12-5-4-11-9-13(17(23)21-14(11)10-12)16-19-7-8-22(16)15-3-2-6-20-18(15)24/h2-10H,1H3,(H,20,24)(H,21,23). The first-order valence-electron chi connectivity index (χ1n) is 7.60. The molecule has 2 N–H and O–H groups in total. The van der Waals surface area contributed by atoms with Gasteiger partial charge in [-0.2, -0.15) is 0 Å². The van der Waals surface area contributed by atoms with Gasteiger partial charge in [-0.3, -0.25) is 14.2 Å². The minimum absolute atomic E-state index is 0.260. The lowest BCUT2D eigenvalue weighted by molar-refractivity contribution is 0.415. The summed E-state index contributed by atoms with van der Waals surface area (Å²) in [4.78, 5) is 34.4. The van der Waals surface area contributed by atoms with E-state index in [4.69, 9.17) is 4.74 Å². The Kier molecular flexibility index (Phi) is 3.46. The molecule has 0 bridgehead atoms. The first-order valence-corrected chi connectivity index (χ1v) is 7.60. The number of rotatable bonds is 3. The lowest BCUT2D eigenvalue weighted by Gasteiger charge is -2.08. The molecule has 4 aromatic rings. The summed E-state index contributed by atoms with van der Waals surface area (Å²) in [5, 5.41) is 0.840. The van der Waals surface area contributed by atoms with Gasteiger partial charge < -0.3 is 14.7 Å². The Balaban J connectivity index is 1.93. The quantitative estimate of drug-likeness (QED) is 0.600. The second-order valence-electron chi connectivity index (χ2n) is 5.47. The molecule has 0 saturated heterocycles. The molecule has 0 atom stereocenters. The molecule has 0 fully saturated rings. The fourth-order valence-electron chi connectivity index (χ4n) is 2.77. The van der Waals surface area contributed by atoms with Crippen LogP contribution in [0.1, 0.15) is 0 Å². The zero-order valence-electron chi connectivity index (χ0n) is 13.3. The first kappa shape index (κ1) is 14.9. The Morgan fingerprint density at radius 1 is 1.12 bits per heavy atom. The molecule has 7 heteroatoms. The number of aromatic nitrogens is 4. The summed E-state index contributed by atoms with van der Waals surface area (Å²) in [6.07, 6.45) is 4.76. The van der Waals surface area contributed by atoms with Gasteiger partial charge in [0.15, 0.2) is 0 Å². The zero-order valence-corrected chi connectivity index (χ0v) is 13.3. The van der Waals surface area contributed by atoms with Gasteiger partial charge in [0.2, 0.25) is 0 Å². The van der Waals surface area contributed by atoms with Crippen molar-refractivity contribution in [1.82, 2.24) is 19.5 Å². The predicted molar refractivity (Wildman–Crippen MR) is 94.3 cm³/mol. The zero-order chi connectivity index (χ0) is 17.4. The van der Waals surface area contributed by atoms with E-state index in [1.807, 2.05) is 12.1 Å². The highest BCUT2D eigenvalue weighted by molar-refractivity contribution is 5.83. The van der Waals surface area contributed by atoms with Crippen molar-refractivity contribution >= 4 is 10.9 Å². The molecular formula is C18H14N4O3. The Labute approximate surface area is 141 Å². The van der Waals surface area contributed by atoms with Gasteiger partial charge in [0, 0.05) is 24.7 Å². The highest BCUT2D eigenvalue weighted by Gasteiger charge is 2.14. The van der Waals surface area contributed by atoms with Gasteiger partial charge in [-0.15, -0.1) is 0 Å². The van der Waals surface area contributed by atoms with Gasteiger partial charge in [0.1, 0.15) is 17.3 Å². The summed E-state index contributed by atoms with van der Waals surface area (Å²) >= 11 is 0. The molecule has 0 amide bonds. The van der Waals surface area contributed by atoms with Crippen molar-refractivity contribution < 1.29 is 4.74 Å². The van der Waals surface area contributed by atoms with Crippen LogP contribution in [0.3, 0.4) is 0 Å². The molecule has 3 aromatic heterocycles. The largest absolute Gasteiger partial charge is 0.497 e. The van der Waals surface area contributed by atoms with Crippen molar-refractivity contribution in [2.24, 2.45) is 0 Å². The number of fused-ring (bicyclic) bond motifs is 1. The monoisotopic (exact) mass is 334 g/mol. The highest BCUT2D eigenvalue weighted by Crippen LogP contribution is 2.23. The first-order chi connectivity index (χ1) is 12.2. The molecule has 124 valence electrons. The summed E-state index contributed by atoms with van der Waals surface area (Å²) in [6, 6.07) is 10.6. The number of H-pyrrole nitrogens is 2. The summed E-state index contributed by atoms with van der Waals surface area (Å²) < 4.78 is 6.77. The molecule has 0 radical (unpaired) electrons. The maximum Gasteiger partial charge on any atom is 0.272 e. The fourth-order valence-corrected chi connectivity index (χ4v) is 2.77. The summed E-state index contributed by atoms with van der Waals surface area (Å²) in [5.41, 5.74) is 0.892. The van der Waals surface area contributed by atoms with E-state index in [1.54, 1.807) is 54.5 Å². The number of methoxy groups -OCH3 is 1. The van der Waals surface area contributed by atoms with Crippen molar-refractivity contribution in [1.29, 1.82) is 0 Å². The van der Waals surface area contributed by atoms with Crippen molar-refractivity contribution in [2.75, 3.05) is 7.11 Å². The Hall–Kier alpha value is -3.61. The maximum atomic E-state index is 12.6. The Morgan fingerprint density at radius 3 is 2.80 bits per heavy atom. The number of pyridine rings is 2. The topological polar surface area (TPSA) is 92.8 Å². The lowest BCUT2D eigenvalue weighted by Crippen LogP contribution is -2.16. The number of hydrogen-bond donors (Lipinski definition) is 2. The Morgan fingerprint density at radius 2 is 2.00 bits per heavy atom. The van der Waals surface area contributed by atoms with Crippen molar-refractivity contribution in [3.8, 4) is 22.8 Å². The normalized spacial score (nSPS) is 10.9. The van der Waals surface area contributed by atoms with E-state index < -0.39 is 0 Å². The molecule has 0 saturated carbocycles. The number of nitrogens with one attached hydrogen (secondary N) is 2. The van der Waals surface area contributed by atoms with Crippen molar-refractivity contribution in [2.45, 2.75) is 0 Å². The van der Waals surface area contributed by atoms with Crippen molar-refractivity contribution in [3.63, 3.8) is 0 Å². The second kappa shape index (κ2) is 5.79. The average Bonchev–Trinajstić information content (AvgIpc) is 3.10. The molecule has 0 spiro atoms. The number of nitrogens with zero attached hydrogens (tertiary/aromatic N) is 2. The molecule has 0 aliphatic rings. The van der Waals surface area contributed by atoms with E-state index in [2.05, 4.69) is 15.0 Å². The van der Waals surface area contributed by atoms with Crippen LogP contribution in [0.2, 0.25) is 0 Å². The van der Waals surface area contributed by atoms with Gasteiger partial charge in [-0.1, -0.05) is 0 Å². The SMILES string of the molecule is COc1ccc2cc(-c3nccn3-c3ccc[nH]c3=O)c(=O)[nH]c2c1. The van der Waals surface area contributed by atoms with Gasteiger partial charge >= 0.3 is 0 Å². The third-order valence-electron chi connectivity index (χ3n) is 3.99. The van der Waals surface area contributed by atoms with Crippen LogP contribution in [-0.2, 0) is 0 Å². The average molecular weight is 334 g/mol. The van der Waals surface area contributed by atoms with E-state index >= 15 is 0 Å². The smallest absolute Gasteiger partial charge is 0.272 e. The molecule has 0 aliphatic heterocycles. The number of benzene rings is 1. The molecule has 4 rings (SSSR count). The molecule has 0 unspecified atom stereocenters. The summed E-state index contributed by atoms with van der Waals surface area (Å²) in [7, 11) is 1.57. The van der Waals surface area contributed by atoms with E-state index in [1.165, 1.54) is 0 Å². The maximum absolute atomic E-state index is 12.6. The summed E-state index contributed by atoms with van der Waals surface area (Å²) in [5.74, 6) is 1.06. The Bertz CT molecular complexity index is 1190. The van der Waals surface area contributed by atoms with Crippen molar-refractivity contribution in [3.05, 3.63) is 75.7 Å². The van der Waals surface area contributed by atoms with Gasteiger partial charge in [0.05, 0.1) is 18.2 Å². The van der Waals surface area contributed by atoms with E-state index in [0.717, 1.165) is 5.39 Å². The van der Waals surface area contributed by atoms with Crippen LogP contribution in [0.4, 0.5) is 0 Å². The second-order valence-corrected chi connectivity index (χ2v) is 5.47. The van der Waals surface area contributed by atoms with Gasteiger partial charge in [0.25, 0.3) is 11.1 Å². The van der Waals surface area contributed by atoms with Crippen LogP contribution in [0, 0.1) is 0 Å². The van der Waals surface area contributed by atoms with Crippen LogP contribution in [-0.4, -0.2) is 26.6 Å². The van der Waals surface area contributed by atoms with Gasteiger partial charge in [-0.25, -0.2) is 4.98 Å². The van der Waals surface area contributed by atoms with E-state index in [0.29, 0.717) is 28.3 Å². The third kappa shape index (κ3) is 2.51. The van der Waals surface area contributed by atoms with Crippen LogP contribution >= 0.6 is 0 Å². The highest BCUT2D eigenvalue weighted by atomic mass is 16.5. The van der Waals surface area contributed by atoms with Gasteiger partial charge in [-0.05, 0) is 35.7 Å². The van der Waals surface area contributed by atoms with Crippen LogP contribution in [0.15, 0.2) is 64.6 Å². The predicted octanol–water partition coefficient (Wildman–Crippen LogP) is 2.08. The summed E-state index contributed by atoms with van der Waals surface area (Å²) in [6.45, 7) is 0. The van der Waals surface area contributed by atoms with Crippen LogP contribution in [0.25, 0.3) is 28.0 Å². The molecular weight excluding hydrogens is 320 g/mol. The molecule has 0 aliphatic carbocycles. The van der Waals surface area contributed by atoms with Crippen LogP contribution in [0.5, 0.6) is 5.75 Å². The minimum atomic E-state index is -0.291. The van der Waals surface area contributed by atoms with Crippen LogP contribution < -0.4 is 15.9 Å². The lowest BCUT2D eigenvalue weighted by atomic mass is 10.1. The number of hydrogen-bond acceptors (Lipinski definition) is 4. The molecule has 3 heterocycles. The molecule has 1 aromatic carbocycles. The minimum Gasteiger partial charge on any atom is -0.497 e. The fraction of sp³-hybridized carbons (Fsp3) is 0.0556. The molecule has 25 heavy (non-hydrogen) atoms.